The van der Waals surface area contributed by atoms with Gasteiger partial charge in [-0.2, -0.15) is 6.21 Å². The maximum atomic E-state index is 10.8. The molecule has 0 saturated heterocycles. The van der Waals surface area contributed by atoms with Crippen molar-refractivity contribution in [2.45, 2.75) is 143 Å². The van der Waals surface area contributed by atoms with Gasteiger partial charge in [-0.15, -0.1) is 24.8 Å². The average molecular weight is 669 g/mol. The number of phenols is 2. The second-order valence-corrected chi connectivity index (χ2v) is 15.6. The SMILES string of the molecule is CC(C)(C)c1cc(C=NC2CCCCC2)c(O)c(C(C)(C)C)c1.CC(C)(C)c1cc(C=[N-])c(O)c(C(C)(C)C)c1.Cl.Cl.[Ti]. The minimum absolute atomic E-state index is 0. The van der Waals surface area contributed by atoms with Crippen LogP contribution in [-0.2, 0) is 43.4 Å². The molecule has 0 aliphatic heterocycles. The Morgan fingerprint density at radius 2 is 1.00 bits per heavy atom. The maximum Gasteiger partial charge on any atom is 0.128 e. The molecule has 1 fully saturated rings. The molecule has 3 rings (SSSR count). The van der Waals surface area contributed by atoms with Gasteiger partial charge in [-0.05, 0) is 63.3 Å². The Balaban J connectivity index is 0. The van der Waals surface area contributed by atoms with E-state index in [0.717, 1.165) is 28.5 Å². The summed E-state index contributed by atoms with van der Waals surface area (Å²) >= 11 is 0. The predicted molar refractivity (Wildman–Crippen MR) is 189 cm³/mol. The third-order valence-electron chi connectivity index (χ3n) is 7.77. The van der Waals surface area contributed by atoms with Crippen LogP contribution in [-0.4, -0.2) is 28.7 Å². The predicted octanol–water partition coefficient (Wildman–Crippen LogP) is 10.6. The van der Waals surface area contributed by atoms with Gasteiger partial charge in [0.05, 0.1) is 0 Å². The molecule has 0 unspecified atom stereocenters. The van der Waals surface area contributed by atoms with Gasteiger partial charge < -0.3 is 15.6 Å². The molecule has 0 spiro atoms. The molecule has 2 aromatic carbocycles. The molecule has 242 valence electrons. The number of halogens is 2. The normalized spacial score (nSPS) is 14.5. The standard InChI is InChI=1S/C21H33NO.C15H22NO.2ClH.Ti/c1-20(2,3)16-12-15(14-22-17-10-8-7-9-11-17)19(23)18(13-16)21(4,5)6;1-14(2,3)11-7-10(9-16)13(17)12(8-11)15(4,5)6;;;/h12-14,17,23H,7-11H2,1-6H3;7-9,17H,1-6H3;2*1H;/q;-1;;;. The van der Waals surface area contributed by atoms with E-state index in [0.29, 0.717) is 17.4 Å². The van der Waals surface area contributed by atoms with Gasteiger partial charge in [0.15, 0.2) is 0 Å². The smallest absolute Gasteiger partial charge is 0.128 e. The largest absolute Gasteiger partial charge is 0.810 e. The number of hydrogen-bond acceptors (Lipinski definition) is 3. The monoisotopic (exact) mass is 667 g/mol. The van der Waals surface area contributed by atoms with Crippen LogP contribution in [0.5, 0.6) is 11.5 Å². The van der Waals surface area contributed by atoms with Gasteiger partial charge >= 0.3 is 0 Å². The second-order valence-electron chi connectivity index (χ2n) is 15.6. The number of hydrogen-bond donors (Lipinski definition) is 2. The zero-order valence-corrected chi connectivity index (χ0v) is 31.9. The molecule has 1 aliphatic carbocycles. The molecular formula is C36H57Cl2N2O2Ti-. The minimum atomic E-state index is -0.150. The van der Waals surface area contributed by atoms with Crippen LogP contribution in [0, 0.1) is 0 Å². The van der Waals surface area contributed by atoms with Crippen molar-refractivity contribution in [1.29, 1.82) is 0 Å². The Labute approximate surface area is 290 Å². The number of benzene rings is 2. The molecular weight excluding hydrogens is 611 g/mol. The number of nitrogens with zero attached hydrogens (tertiary/aromatic N) is 2. The fourth-order valence-electron chi connectivity index (χ4n) is 4.94. The van der Waals surface area contributed by atoms with Crippen molar-refractivity contribution < 1.29 is 31.9 Å². The van der Waals surface area contributed by atoms with Crippen LogP contribution < -0.4 is 0 Å². The van der Waals surface area contributed by atoms with Crippen molar-refractivity contribution in [3.63, 3.8) is 0 Å². The number of aliphatic imine (C=N–C) groups is 1. The summed E-state index contributed by atoms with van der Waals surface area (Å²) in [6.07, 6.45) is 9.15. The minimum Gasteiger partial charge on any atom is -0.810 e. The van der Waals surface area contributed by atoms with Gasteiger partial charge in [-0.3, -0.25) is 4.99 Å². The molecule has 2 aromatic rings. The van der Waals surface area contributed by atoms with E-state index in [1.807, 2.05) is 18.3 Å². The summed E-state index contributed by atoms with van der Waals surface area (Å²) < 4.78 is 0. The second kappa shape index (κ2) is 16.8. The molecule has 0 radical (unpaired) electrons. The van der Waals surface area contributed by atoms with Crippen molar-refractivity contribution in [2.75, 3.05) is 0 Å². The van der Waals surface area contributed by atoms with Crippen molar-refractivity contribution >= 4 is 37.2 Å². The molecule has 1 aliphatic rings. The van der Waals surface area contributed by atoms with Gasteiger partial charge in [-0.1, -0.05) is 114 Å². The Kier molecular flexibility index (Phi) is 17.1. The Morgan fingerprint density at radius 1 is 0.628 bits per heavy atom. The van der Waals surface area contributed by atoms with E-state index in [1.54, 1.807) is 0 Å². The van der Waals surface area contributed by atoms with Crippen LogP contribution in [0.1, 0.15) is 149 Å². The van der Waals surface area contributed by atoms with E-state index in [1.165, 1.54) is 37.7 Å². The topological polar surface area (TPSA) is 75.1 Å². The van der Waals surface area contributed by atoms with Gasteiger partial charge in [-0.25, -0.2) is 0 Å². The molecule has 2 N–H and O–H groups in total. The van der Waals surface area contributed by atoms with E-state index in [9.17, 15) is 15.6 Å². The van der Waals surface area contributed by atoms with Gasteiger partial charge in [0.25, 0.3) is 0 Å². The number of aromatic hydroxyl groups is 2. The molecule has 1 saturated carbocycles. The molecule has 43 heavy (non-hydrogen) atoms. The summed E-state index contributed by atoms with van der Waals surface area (Å²) in [5.74, 6) is 0.568. The molecule has 4 nitrogen and oxygen atoms in total. The molecule has 0 aromatic heterocycles. The Hall–Kier alpha value is -1.33. The summed E-state index contributed by atoms with van der Waals surface area (Å²) in [6, 6.07) is 8.57. The molecule has 0 heterocycles. The van der Waals surface area contributed by atoms with E-state index in [2.05, 4.69) is 95.2 Å². The fourth-order valence-corrected chi connectivity index (χ4v) is 4.94. The van der Waals surface area contributed by atoms with Gasteiger partial charge in [0.1, 0.15) is 11.5 Å². The third kappa shape index (κ3) is 12.5. The van der Waals surface area contributed by atoms with E-state index in [-0.39, 0.29) is 73.9 Å². The molecule has 0 amide bonds. The van der Waals surface area contributed by atoms with Crippen molar-refractivity contribution in [2.24, 2.45) is 4.99 Å². The van der Waals surface area contributed by atoms with Crippen molar-refractivity contribution in [3.8, 4) is 11.5 Å². The first kappa shape index (κ1) is 43.8. The summed E-state index contributed by atoms with van der Waals surface area (Å²) in [5.41, 5.74) is 5.41. The number of rotatable bonds is 3. The van der Waals surface area contributed by atoms with Crippen molar-refractivity contribution in [3.05, 3.63) is 63.1 Å². The summed E-state index contributed by atoms with van der Waals surface area (Å²) in [7, 11) is 0. The first-order valence-corrected chi connectivity index (χ1v) is 14.9. The quantitative estimate of drug-likeness (QED) is 0.252. The van der Waals surface area contributed by atoms with E-state index < -0.39 is 0 Å². The third-order valence-corrected chi connectivity index (χ3v) is 7.77. The van der Waals surface area contributed by atoms with Crippen LogP contribution in [0.2, 0.25) is 0 Å². The van der Waals surface area contributed by atoms with Gasteiger partial charge in [0.2, 0.25) is 0 Å². The van der Waals surface area contributed by atoms with Crippen LogP contribution in [0.15, 0.2) is 29.3 Å². The summed E-state index contributed by atoms with van der Waals surface area (Å²) in [6.45, 7) is 25.6. The summed E-state index contributed by atoms with van der Waals surface area (Å²) in [4.78, 5) is 4.78. The zero-order valence-electron chi connectivity index (χ0n) is 28.7. The average Bonchev–Trinajstić information content (AvgIpc) is 2.81. The molecule has 0 bridgehead atoms. The van der Waals surface area contributed by atoms with E-state index >= 15 is 0 Å². The van der Waals surface area contributed by atoms with Crippen molar-refractivity contribution in [1.82, 2.24) is 0 Å². The van der Waals surface area contributed by atoms with E-state index in [4.69, 9.17) is 4.99 Å². The van der Waals surface area contributed by atoms with Crippen LogP contribution >= 0.6 is 24.8 Å². The van der Waals surface area contributed by atoms with Crippen LogP contribution in [0.4, 0.5) is 0 Å². The Bertz CT molecular complexity index is 1210. The maximum absolute atomic E-state index is 10.8. The molecule has 7 heteroatoms. The molecule has 0 atom stereocenters. The first-order chi connectivity index (χ1) is 18.2. The Morgan fingerprint density at radius 3 is 1.35 bits per heavy atom. The zero-order chi connectivity index (χ0) is 30.7. The first-order valence-electron chi connectivity index (χ1n) is 14.9. The fraction of sp³-hybridized carbons (Fsp3) is 0.611. The number of phenolic OH excluding ortho intramolecular Hbond substituents is 2. The van der Waals surface area contributed by atoms with Crippen LogP contribution in [0.25, 0.3) is 5.41 Å². The van der Waals surface area contributed by atoms with Crippen LogP contribution in [0.3, 0.4) is 0 Å². The van der Waals surface area contributed by atoms with Gasteiger partial charge in [0, 0.05) is 50.7 Å². The summed E-state index contributed by atoms with van der Waals surface area (Å²) in [5, 5.41) is 30.1.